The summed E-state index contributed by atoms with van der Waals surface area (Å²) in [6, 6.07) is 0.674. The lowest BCUT2D eigenvalue weighted by Gasteiger charge is -2.28. The lowest BCUT2D eigenvalue weighted by molar-refractivity contribution is 0.277. The molecule has 0 saturated heterocycles. The summed E-state index contributed by atoms with van der Waals surface area (Å²) in [4.78, 5) is 0. The number of rotatable bonds is 5. The van der Waals surface area contributed by atoms with Crippen LogP contribution >= 0.6 is 0 Å². The molecule has 1 heteroatoms. The predicted octanol–water partition coefficient (Wildman–Crippen LogP) is 2.91. The van der Waals surface area contributed by atoms with Gasteiger partial charge in [0.2, 0.25) is 0 Å². The highest BCUT2D eigenvalue weighted by Crippen LogP contribution is 2.19. The molecule has 0 aromatic rings. The molecule has 0 saturated carbocycles. The fourth-order valence-corrected chi connectivity index (χ4v) is 2.17. The topological polar surface area (TPSA) is 12.0 Å². The van der Waals surface area contributed by atoms with Crippen LogP contribution in [0.5, 0.6) is 0 Å². The van der Waals surface area contributed by atoms with Crippen molar-refractivity contribution in [3.05, 3.63) is 0 Å². The van der Waals surface area contributed by atoms with Crippen LogP contribution in [0.1, 0.15) is 41.0 Å². The van der Waals surface area contributed by atoms with Gasteiger partial charge in [0.1, 0.15) is 0 Å². The SMILES string of the molecule is CNC(C(C)C)C(C)CC(C)C. The Balaban J connectivity index is 3.94. The highest BCUT2D eigenvalue weighted by Gasteiger charge is 2.19. The first-order chi connectivity index (χ1) is 5.49. The molecule has 0 aromatic heterocycles. The molecular formula is C11H25N. The fraction of sp³-hybridized carbons (Fsp3) is 1.00. The first kappa shape index (κ1) is 12.0. The van der Waals surface area contributed by atoms with Gasteiger partial charge in [-0.1, -0.05) is 34.6 Å². The van der Waals surface area contributed by atoms with Crippen LogP contribution in [0, 0.1) is 17.8 Å². The number of hydrogen-bond donors (Lipinski definition) is 1. The third-order valence-electron chi connectivity index (χ3n) is 2.51. The van der Waals surface area contributed by atoms with Crippen molar-refractivity contribution in [2.75, 3.05) is 7.05 Å². The van der Waals surface area contributed by atoms with E-state index >= 15 is 0 Å². The van der Waals surface area contributed by atoms with E-state index < -0.39 is 0 Å². The summed E-state index contributed by atoms with van der Waals surface area (Å²) in [7, 11) is 2.07. The molecule has 12 heavy (non-hydrogen) atoms. The summed E-state index contributed by atoms with van der Waals surface area (Å²) in [5.41, 5.74) is 0. The highest BCUT2D eigenvalue weighted by atomic mass is 14.9. The van der Waals surface area contributed by atoms with Crippen molar-refractivity contribution in [2.24, 2.45) is 17.8 Å². The summed E-state index contributed by atoms with van der Waals surface area (Å²) in [5, 5.41) is 3.41. The smallest absolute Gasteiger partial charge is 0.0113 e. The summed E-state index contributed by atoms with van der Waals surface area (Å²) in [6.07, 6.45) is 1.32. The highest BCUT2D eigenvalue weighted by molar-refractivity contribution is 4.75. The Morgan fingerprint density at radius 2 is 1.50 bits per heavy atom. The minimum Gasteiger partial charge on any atom is -0.316 e. The van der Waals surface area contributed by atoms with Gasteiger partial charge in [0.05, 0.1) is 0 Å². The summed E-state index contributed by atoms with van der Waals surface area (Å²) < 4.78 is 0. The second kappa shape index (κ2) is 5.58. The second-order valence-electron chi connectivity index (χ2n) is 4.67. The van der Waals surface area contributed by atoms with Gasteiger partial charge in [-0.2, -0.15) is 0 Å². The van der Waals surface area contributed by atoms with Crippen LogP contribution in [-0.2, 0) is 0 Å². The predicted molar refractivity (Wildman–Crippen MR) is 56.3 cm³/mol. The molecule has 2 atom stereocenters. The van der Waals surface area contributed by atoms with Gasteiger partial charge >= 0.3 is 0 Å². The minimum atomic E-state index is 0.674. The van der Waals surface area contributed by atoms with E-state index in [-0.39, 0.29) is 0 Å². The van der Waals surface area contributed by atoms with Crippen LogP contribution in [0.15, 0.2) is 0 Å². The summed E-state index contributed by atoms with van der Waals surface area (Å²) in [5.74, 6) is 2.34. The molecule has 0 radical (unpaired) electrons. The quantitative estimate of drug-likeness (QED) is 0.670. The van der Waals surface area contributed by atoms with Crippen molar-refractivity contribution in [1.82, 2.24) is 5.32 Å². The van der Waals surface area contributed by atoms with E-state index in [9.17, 15) is 0 Å². The minimum absolute atomic E-state index is 0.674. The third-order valence-corrected chi connectivity index (χ3v) is 2.51. The number of nitrogens with one attached hydrogen (secondary N) is 1. The molecule has 1 N–H and O–H groups in total. The fourth-order valence-electron chi connectivity index (χ4n) is 2.17. The van der Waals surface area contributed by atoms with Crippen LogP contribution in [0.2, 0.25) is 0 Å². The molecule has 0 bridgehead atoms. The lowest BCUT2D eigenvalue weighted by Crippen LogP contribution is -2.37. The first-order valence-electron chi connectivity index (χ1n) is 5.16. The third kappa shape index (κ3) is 4.10. The van der Waals surface area contributed by atoms with Crippen molar-refractivity contribution in [3.63, 3.8) is 0 Å². The van der Waals surface area contributed by atoms with Crippen LogP contribution in [0.3, 0.4) is 0 Å². The van der Waals surface area contributed by atoms with Gasteiger partial charge in [0.15, 0.2) is 0 Å². The zero-order chi connectivity index (χ0) is 9.72. The Labute approximate surface area is 77.9 Å². The van der Waals surface area contributed by atoms with Crippen LogP contribution in [-0.4, -0.2) is 13.1 Å². The average Bonchev–Trinajstić information content (AvgIpc) is 1.85. The molecule has 2 unspecified atom stereocenters. The Kier molecular flexibility index (Phi) is 5.56. The van der Waals surface area contributed by atoms with Crippen molar-refractivity contribution < 1.29 is 0 Å². The monoisotopic (exact) mass is 171 g/mol. The van der Waals surface area contributed by atoms with E-state index in [4.69, 9.17) is 0 Å². The Bertz CT molecular complexity index is 108. The second-order valence-corrected chi connectivity index (χ2v) is 4.67. The van der Waals surface area contributed by atoms with Crippen molar-refractivity contribution in [1.29, 1.82) is 0 Å². The van der Waals surface area contributed by atoms with Crippen molar-refractivity contribution in [3.8, 4) is 0 Å². The average molecular weight is 171 g/mol. The van der Waals surface area contributed by atoms with Crippen molar-refractivity contribution in [2.45, 2.75) is 47.1 Å². The van der Waals surface area contributed by atoms with Gasteiger partial charge in [-0.05, 0) is 31.2 Å². The molecule has 0 spiro atoms. The maximum absolute atomic E-state index is 3.41. The lowest BCUT2D eigenvalue weighted by atomic mass is 9.86. The molecule has 74 valence electrons. The molecule has 0 rings (SSSR count). The largest absolute Gasteiger partial charge is 0.316 e. The first-order valence-corrected chi connectivity index (χ1v) is 5.16. The van der Waals surface area contributed by atoms with Gasteiger partial charge in [-0.15, -0.1) is 0 Å². The maximum atomic E-state index is 3.41. The molecule has 1 nitrogen and oxygen atoms in total. The molecule has 0 amide bonds. The summed E-state index contributed by atoms with van der Waals surface area (Å²) in [6.45, 7) is 11.5. The van der Waals surface area contributed by atoms with E-state index in [1.165, 1.54) is 6.42 Å². The molecule has 0 heterocycles. The van der Waals surface area contributed by atoms with Gasteiger partial charge in [0.25, 0.3) is 0 Å². The molecule has 0 fully saturated rings. The zero-order valence-corrected chi connectivity index (χ0v) is 9.52. The van der Waals surface area contributed by atoms with Gasteiger partial charge in [0, 0.05) is 6.04 Å². The van der Waals surface area contributed by atoms with Crippen molar-refractivity contribution >= 4 is 0 Å². The Morgan fingerprint density at radius 3 is 1.75 bits per heavy atom. The maximum Gasteiger partial charge on any atom is 0.0113 e. The van der Waals surface area contributed by atoms with E-state index in [1.807, 2.05) is 0 Å². The summed E-state index contributed by atoms with van der Waals surface area (Å²) >= 11 is 0. The van der Waals surface area contributed by atoms with E-state index in [1.54, 1.807) is 0 Å². The van der Waals surface area contributed by atoms with Crippen LogP contribution in [0.25, 0.3) is 0 Å². The Morgan fingerprint density at radius 1 is 1.00 bits per heavy atom. The zero-order valence-electron chi connectivity index (χ0n) is 9.52. The van der Waals surface area contributed by atoms with Gasteiger partial charge in [-0.25, -0.2) is 0 Å². The van der Waals surface area contributed by atoms with E-state index in [0.717, 1.165) is 17.8 Å². The van der Waals surface area contributed by atoms with Crippen LogP contribution < -0.4 is 5.32 Å². The number of hydrogen-bond acceptors (Lipinski definition) is 1. The molecule has 0 aliphatic rings. The van der Waals surface area contributed by atoms with Crippen LogP contribution in [0.4, 0.5) is 0 Å². The molecule has 0 aromatic carbocycles. The standard InChI is InChI=1S/C11H25N/c1-8(2)7-10(5)11(12-6)9(3)4/h8-12H,7H2,1-6H3. The normalized spacial score (nSPS) is 17.0. The Hall–Kier alpha value is -0.0400. The van der Waals surface area contributed by atoms with Gasteiger partial charge in [-0.3, -0.25) is 0 Å². The van der Waals surface area contributed by atoms with E-state index in [2.05, 4.69) is 47.0 Å². The molecule has 0 aliphatic heterocycles. The molecular weight excluding hydrogens is 146 g/mol. The van der Waals surface area contributed by atoms with Gasteiger partial charge < -0.3 is 5.32 Å². The van der Waals surface area contributed by atoms with E-state index in [0.29, 0.717) is 6.04 Å². The molecule has 0 aliphatic carbocycles.